The van der Waals surface area contributed by atoms with Crippen LogP contribution in [0.3, 0.4) is 0 Å². The van der Waals surface area contributed by atoms with Gasteiger partial charge in [0.2, 0.25) is 5.88 Å². The van der Waals surface area contributed by atoms with Gasteiger partial charge in [0, 0.05) is 23.5 Å². The van der Waals surface area contributed by atoms with Crippen LogP contribution in [0.25, 0.3) is 0 Å². The average molecular weight is 322 g/mol. The second kappa shape index (κ2) is 6.50. The highest BCUT2D eigenvalue weighted by Gasteiger charge is 2.11. The fourth-order valence-corrected chi connectivity index (χ4v) is 2.02. The van der Waals surface area contributed by atoms with E-state index < -0.39 is 11.4 Å². The van der Waals surface area contributed by atoms with Crippen molar-refractivity contribution in [3.8, 4) is 11.6 Å². The molecule has 0 aliphatic heterocycles. The van der Waals surface area contributed by atoms with Crippen LogP contribution in [-0.4, -0.2) is 36.5 Å². The van der Waals surface area contributed by atoms with Crippen molar-refractivity contribution >= 4 is 18.4 Å². The summed E-state index contributed by atoms with van der Waals surface area (Å²) in [5, 5.41) is 28.9. The molecule has 2 aromatic rings. The lowest BCUT2D eigenvalue weighted by molar-refractivity contribution is 0.279. The molecule has 0 atom stereocenters. The van der Waals surface area contributed by atoms with Crippen molar-refractivity contribution < 1.29 is 15.3 Å². The van der Waals surface area contributed by atoms with Crippen LogP contribution in [0.2, 0.25) is 0 Å². The van der Waals surface area contributed by atoms with Crippen molar-refractivity contribution in [3.05, 3.63) is 43.7 Å². The van der Waals surface area contributed by atoms with E-state index in [-0.39, 0.29) is 29.2 Å². The molecule has 0 aromatic carbocycles. The SMILES string of the molecule is Cc1ncc(CO)c(CN=Cc2c(O)[nH]c(=S)[nH]c2=O)c1O. The van der Waals surface area contributed by atoms with Crippen molar-refractivity contribution in [2.24, 2.45) is 4.99 Å². The number of aromatic amines is 2. The van der Waals surface area contributed by atoms with Crippen LogP contribution in [0, 0.1) is 11.7 Å². The standard InChI is InChI=1S/C13H14N4O4S/c1-6-10(19)8(7(5-18)2-15-6)3-14-4-9-11(20)16-13(22)17-12(9)21/h2,4,18-19H,3,5H2,1H3,(H3,16,17,20,21,22). The number of nitrogens with one attached hydrogen (secondary N) is 2. The first kappa shape index (κ1) is 15.9. The molecular formula is C13H14N4O4S. The zero-order valence-corrected chi connectivity index (χ0v) is 12.4. The molecular weight excluding hydrogens is 308 g/mol. The fourth-order valence-electron chi connectivity index (χ4n) is 1.83. The van der Waals surface area contributed by atoms with Crippen molar-refractivity contribution in [2.45, 2.75) is 20.1 Å². The Morgan fingerprint density at radius 3 is 2.77 bits per heavy atom. The van der Waals surface area contributed by atoms with Crippen LogP contribution in [-0.2, 0) is 13.2 Å². The largest absolute Gasteiger partial charge is 0.506 e. The molecule has 0 aliphatic carbocycles. The van der Waals surface area contributed by atoms with Gasteiger partial charge in [0.1, 0.15) is 11.3 Å². The monoisotopic (exact) mass is 322 g/mol. The van der Waals surface area contributed by atoms with Gasteiger partial charge in [-0.3, -0.25) is 19.8 Å². The van der Waals surface area contributed by atoms with Crippen LogP contribution in [0.4, 0.5) is 0 Å². The van der Waals surface area contributed by atoms with Crippen LogP contribution >= 0.6 is 12.2 Å². The Morgan fingerprint density at radius 2 is 2.14 bits per heavy atom. The number of nitrogens with zero attached hydrogens (tertiary/aromatic N) is 2. The van der Waals surface area contributed by atoms with Crippen LogP contribution in [0.1, 0.15) is 22.4 Å². The Bertz CT molecular complexity index is 841. The number of rotatable bonds is 4. The van der Waals surface area contributed by atoms with Gasteiger partial charge in [-0.2, -0.15) is 0 Å². The highest BCUT2D eigenvalue weighted by Crippen LogP contribution is 2.24. The molecule has 2 rings (SSSR count). The zero-order valence-electron chi connectivity index (χ0n) is 11.6. The minimum atomic E-state index is -0.581. The van der Waals surface area contributed by atoms with Gasteiger partial charge >= 0.3 is 0 Å². The number of aliphatic hydroxyl groups is 1. The molecule has 0 fully saturated rings. The van der Waals surface area contributed by atoms with Gasteiger partial charge in [-0.05, 0) is 19.1 Å². The maximum absolute atomic E-state index is 11.7. The van der Waals surface area contributed by atoms with Gasteiger partial charge in [-0.1, -0.05) is 0 Å². The molecule has 9 heteroatoms. The Morgan fingerprint density at radius 1 is 1.41 bits per heavy atom. The van der Waals surface area contributed by atoms with Gasteiger partial charge in [0.05, 0.1) is 18.8 Å². The number of hydrogen-bond donors (Lipinski definition) is 5. The molecule has 0 saturated heterocycles. The number of pyridine rings is 1. The molecule has 8 nitrogen and oxygen atoms in total. The van der Waals surface area contributed by atoms with E-state index in [1.807, 2.05) is 0 Å². The zero-order chi connectivity index (χ0) is 16.3. The third-order valence-corrected chi connectivity index (χ3v) is 3.23. The van der Waals surface area contributed by atoms with Gasteiger partial charge in [-0.25, -0.2) is 0 Å². The van der Waals surface area contributed by atoms with Crippen molar-refractivity contribution in [2.75, 3.05) is 0 Å². The van der Waals surface area contributed by atoms with E-state index in [0.29, 0.717) is 16.8 Å². The molecule has 2 aromatic heterocycles. The Balaban J connectivity index is 2.33. The van der Waals surface area contributed by atoms with Gasteiger partial charge in [-0.15, -0.1) is 0 Å². The van der Waals surface area contributed by atoms with Crippen molar-refractivity contribution in [1.82, 2.24) is 15.0 Å². The van der Waals surface area contributed by atoms with E-state index in [2.05, 4.69) is 19.9 Å². The highest BCUT2D eigenvalue weighted by molar-refractivity contribution is 7.71. The minimum Gasteiger partial charge on any atom is -0.506 e. The predicted molar refractivity (Wildman–Crippen MR) is 81.8 cm³/mol. The summed E-state index contributed by atoms with van der Waals surface area (Å²) in [7, 11) is 0. The molecule has 0 radical (unpaired) electrons. The topological polar surface area (TPSA) is 135 Å². The number of aryl methyl sites for hydroxylation is 1. The third kappa shape index (κ3) is 3.21. The summed E-state index contributed by atoms with van der Waals surface area (Å²) in [6.45, 7) is 1.34. The van der Waals surface area contributed by atoms with E-state index in [1.54, 1.807) is 6.92 Å². The van der Waals surface area contributed by atoms with Crippen LogP contribution in [0.5, 0.6) is 11.6 Å². The first-order valence-corrected chi connectivity index (χ1v) is 6.67. The molecule has 0 saturated carbocycles. The summed E-state index contributed by atoms with van der Waals surface area (Å²) in [5.41, 5.74) is 0.593. The van der Waals surface area contributed by atoms with Crippen molar-refractivity contribution in [3.63, 3.8) is 0 Å². The van der Waals surface area contributed by atoms with Gasteiger partial charge in [0.25, 0.3) is 5.56 Å². The molecule has 0 spiro atoms. The summed E-state index contributed by atoms with van der Waals surface area (Å²) in [5.74, 6) is -0.454. The lowest BCUT2D eigenvalue weighted by atomic mass is 10.1. The van der Waals surface area contributed by atoms with E-state index in [0.717, 1.165) is 6.21 Å². The smallest absolute Gasteiger partial charge is 0.264 e. The Kier molecular flexibility index (Phi) is 4.68. The summed E-state index contributed by atoms with van der Waals surface area (Å²) in [4.78, 5) is 24.3. The van der Waals surface area contributed by atoms with E-state index in [4.69, 9.17) is 12.2 Å². The Labute approximate surface area is 129 Å². The number of aliphatic hydroxyl groups excluding tert-OH is 1. The third-order valence-electron chi connectivity index (χ3n) is 3.03. The second-order valence-corrected chi connectivity index (χ2v) is 4.90. The molecule has 5 N–H and O–H groups in total. The first-order chi connectivity index (χ1) is 10.4. The van der Waals surface area contributed by atoms with Crippen LogP contribution in [0.15, 0.2) is 16.0 Å². The van der Waals surface area contributed by atoms with E-state index >= 15 is 0 Å². The summed E-state index contributed by atoms with van der Waals surface area (Å²) in [6, 6.07) is 0. The number of aromatic nitrogens is 3. The first-order valence-electron chi connectivity index (χ1n) is 6.26. The van der Waals surface area contributed by atoms with E-state index in [1.165, 1.54) is 6.20 Å². The number of aromatic hydroxyl groups is 2. The maximum atomic E-state index is 11.7. The molecule has 0 aliphatic rings. The quantitative estimate of drug-likeness (QED) is 0.414. The molecule has 0 unspecified atom stereocenters. The van der Waals surface area contributed by atoms with Gasteiger partial charge in [0.15, 0.2) is 4.77 Å². The fraction of sp³-hybridized carbons (Fsp3) is 0.231. The summed E-state index contributed by atoms with van der Waals surface area (Å²) < 4.78 is 0.00428. The molecule has 2 heterocycles. The lowest BCUT2D eigenvalue weighted by Crippen LogP contribution is -2.13. The molecule has 116 valence electrons. The number of H-pyrrole nitrogens is 2. The minimum absolute atomic E-state index is 0.00428. The highest BCUT2D eigenvalue weighted by atomic mass is 32.1. The van der Waals surface area contributed by atoms with Crippen LogP contribution < -0.4 is 5.56 Å². The lowest BCUT2D eigenvalue weighted by Gasteiger charge is -2.08. The number of hydrogen-bond acceptors (Lipinski definition) is 7. The second-order valence-electron chi connectivity index (χ2n) is 4.49. The molecule has 0 amide bonds. The normalized spacial score (nSPS) is 11.2. The maximum Gasteiger partial charge on any atom is 0.264 e. The van der Waals surface area contributed by atoms with E-state index in [9.17, 15) is 20.1 Å². The van der Waals surface area contributed by atoms with Crippen molar-refractivity contribution in [1.29, 1.82) is 0 Å². The Hall–Kier alpha value is -2.52. The summed E-state index contributed by atoms with van der Waals surface area (Å²) in [6.07, 6.45) is 2.61. The predicted octanol–water partition coefficient (Wildman–Crippen LogP) is 0.659. The molecule has 22 heavy (non-hydrogen) atoms. The molecule has 0 bridgehead atoms. The van der Waals surface area contributed by atoms with Gasteiger partial charge < -0.3 is 20.3 Å². The number of aliphatic imine (C=N–C) groups is 1. The summed E-state index contributed by atoms with van der Waals surface area (Å²) >= 11 is 4.72. The average Bonchev–Trinajstić information content (AvgIpc) is 2.46.